The smallest absolute Gasteiger partial charge is 0.343 e. The van der Waals surface area contributed by atoms with Gasteiger partial charge in [-0.3, -0.25) is 9.59 Å². The molecule has 206 valence electrons. The third-order valence-corrected chi connectivity index (χ3v) is 8.94. The Balaban J connectivity index is 1.66. The number of cyclic esters (lactones) is 1. The second-order valence-electron chi connectivity index (χ2n) is 11.8. The fraction of sp³-hybridized carbons (Fsp3) is 0.517. The highest BCUT2D eigenvalue weighted by Gasteiger charge is 2.46. The molecule has 6 rings (SSSR count). The first-order valence-corrected chi connectivity index (χ1v) is 13.5. The molecule has 1 atom stereocenters. The molecule has 0 bridgehead atoms. The van der Waals surface area contributed by atoms with Crippen LogP contribution < -0.4 is 11.0 Å². The molecule has 9 nitrogen and oxygen atoms in total. The van der Waals surface area contributed by atoms with Gasteiger partial charge in [-0.2, -0.15) is 0 Å². The molecular formula is C29H32FN3O6. The van der Waals surface area contributed by atoms with Gasteiger partial charge >= 0.3 is 5.97 Å². The van der Waals surface area contributed by atoms with Crippen molar-refractivity contribution in [1.29, 1.82) is 0 Å². The number of ether oxygens (including phenoxy) is 1. The highest BCUT2D eigenvalue weighted by molar-refractivity contribution is 5.86. The number of carbonyl (C=O) groups excluding carboxylic acids is 1. The van der Waals surface area contributed by atoms with Gasteiger partial charge in [-0.1, -0.05) is 20.8 Å². The Morgan fingerprint density at radius 1 is 1.18 bits per heavy atom. The summed E-state index contributed by atoms with van der Waals surface area (Å²) < 4.78 is 23.7. The first-order chi connectivity index (χ1) is 18.5. The van der Waals surface area contributed by atoms with E-state index in [0.29, 0.717) is 17.0 Å². The quantitative estimate of drug-likeness (QED) is 0.384. The Morgan fingerprint density at radius 3 is 2.56 bits per heavy atom. The van der Waals surface area contributed by atoms with Crippen LogP contribution in [-0.2, 0) is 34.7 Å². The van der Waals surface area contributed by atoms with Crippen LogP contribution in [0.15, 0.2) is 21.7 Å². The van der Waals surface area contributed by atoms with Crippen molar-refractivity contribution >= 4 is 17.0 Å². The van der Waals surface area contributed by atoms with E-state index in [-0.39, 0.29) is 71.8 Å². The van der Waals surface area contributed by atoms with E-state index < -0.39 is 28.4 Å². The van der Waals surface area contributed by atoms with Gasteiger partial charge in [-0.15, -0.1) is 0 Å². The second kappa shape index (κ2) is 8.82. The molecule has 39 heavy (non-hydrogen) atoms. The first kappa shape index (κ1) is 25.9. The van der Waals surface area contributed by atoms with Crippen molar-refractivity contribution in [1.82, 2.24) is 14.1 Å². The van der Waals surface area contributed by atoms with Gasteiger partial charge in [0.15, 0.2) is 5.60 Å². The number of pyridine rings is 3. The van der Waals surface area contributed by atoms with E-state index in [1.54, 1.807) is 13.0 Å². The lowest BCUT2D eigenvalue weighted by Crippen LogP contribution is -2.44. The number of aromatic nitrogens is 3. The molecule has 0 radical (unpaired) electrons. The van der Waals surface area contributed by atoms with E-state index in [1.807, 2.05) is 4.57 Å². The number of carbonyl (C=O) groups is 1. The molecule has 3 aromatic heterocycles. The average Bonchev–Trinajstić information content (AvgIpc) is 3.28. The molecule has 10 heteroatoms. The maximum atomic E-state index is 15.0. The third kappa shape index (κ3) is 3.71. The summed E-state index contributed by atoms with van der Waals surface area (Å²) in [6.45, 7) is 5.64. The van der Waals surface area contributed by atoms with Crippen LogP contribution in [0.1, 0.15) is 81.4 Å². The van der Waals surface area contributed by atoms with Gasteiger partial charge in [-0.05, 0) is 49.7 Å². The molecule has 0 aromatic carbocycles. The lowest BCUT2D eigenvalue weighted by molar-refractivity contribution is -0.172. The third-order valence-electron chi connectivity index (χ3n) is 8.94. The van der Waals surface area contributed by atoms with Gasteiger partial charge in [0.05, 0.1) is 40.1 Å². The first-order valence-electron chi connectivity index (χ1n) is 13.5. The minimum Gasteiger partial charge on any atom is -0.458 e. The van der Waals surface area contributed by atoms with Crippen molar-refractivity contribution in [3.63, 3.8) is 0 Å². The molecule has 2 aliphatic heterocycles. The average molecular weight is 538 g/mol. The number of rotatable bonds is 4. The summed E-state index contributed by atoms with van der Waals surface area (Å²) in [5, 5.41) is 20.8. The van der Waals surface area contributed by atoms with Crippen LogP contribution in [0.5, 0.6) is 0 Å². The summed E-state index contributed by atoms with van der Waals surface area (Å²) in [7, 11) is 0. The fourth-order valence-electron chi connectivity index (χ4n) is 6.53. The van der Waals surface area contributed by atoms with E-state index in [4.69, 9.17) is 4.74 Å². The molecule has 1 fully saturated rings. The summed E-state index contributed by atoms with van der Waals surface area (Å²) in [5.74, 6) is -1.50. The fourth-order valence-corrected chi connectivity index (χ4v) is 6.53. The zero-order valence-corrected chi connectivity index (χ0v) is 22.3. The van der Waals surface area contributed by atoms with E-state index >= 15 is 4.39 Å². The summed E-state index contributed by atoms with van der Waals surface area (Å²) in [6, 6.07) is 2.71. The highest BCUT2D eigenvalue weighted by Crippen LogP contribution is 2.44. The van der Waals surface area contributed by atoms with Crippen molar-refractivity contribution in [3.05, 3.63) is 61.0 Å². The lowest BCUT2D eigenvalue weighted by Gasteiger charge is -2.36. The summed E-state index contributed by atoms with van der Waals surface area (Å²) in [5.41, 5.74) is -0.772. The number of halogens is 1. The summed E-state index contributed by atoms with van der Waals surface area (Å²) in [6.07, 6.45) is 3.57. The Bertz CT molecular complexity index is 1660. The van der Waals surface area contributed by atoms with E-state index in [2.05, 4.69) is 18.8 Å². The number of nitrogens with zero attached hydrogens (tertiary/aromatic N) is 3. The maximum absolute atomic E-state index is 15.0. The Kier molecular flexibility index (Phi) is 5.86. The van der Waals surface area contributed by atoms with Crippen LogP contribution in [0, 0.1) is 11.2 Å². The normalized spacial score (nSPS) is 21.9. The zero-order valence-electron chi connectivity index (χ0n) is 22.3. The zero-order chi connectivity index (χ0) is 27.9. The van der Waals surface area contributed by atoms with Gasteiger partial charge < -0.3 is 24.1 Å². The van der Waals surface area contributed by atoms with Gasteiger partial charge in [0.1, 0.15) is 18.1 Å². The number of aliphatic hydroxyl groups is 2. The van der Waals surface area contributed by atoms with Gasteiger partial charge in [0.2, 0.25) is 5.43 Å². The van der Waals surface area contributed by atoms with Crippen LogP contribution in [-0.4, -0.2) is 36.9 Å². The summed E-state index contributed by atoms with van der Waals surface area (Å²) >= 11 is 0. The molecular weight excluding hydrogens is 505 g/mol. The Morgan fingerprint density at radius 2 is 1.90 bits per heavy atom. The molecule has 3 aliphatic rings. The largest absolute Gasteiger partial charge is 0.458 e. The highest BCUT2D eigenvalue weighted by atomic mass is 19.1. The monoisotopic (exact) mass is 537 g/mol. The predicted octanol–water partition coefficient (Wildman–Crippen LogP) is 3.06. The van der Waals surface area contributed by atoms with Gasteiger partial charge in [0, 0.05) is 24.6 Å². The number of hydrogen-bond acceptors (Lipinski definition) is 7. The molecule has 1 aliphatic carbocycles. The van der Waals surface area contributed by atoms with E-state index in [1.165, 1.54) is 10.6 Å². The van der Waals surface area contributed by atoms with Crippen molar-refractivity contribution in [2.75, 3.05) is 6.61 Å². The van der Waals surface area contributed by atoms with E-state index in [9.17, 15) is 24.6 Å². The predicted molar refractivity (Wildman–Crippen MR) is 141 cm³/mol. The molecule has 5 heterocycles. The molecule has 3 aromatic rings. The van der Waals surface area contributed by atoms with Crippen molar-refractivity contribution in [2.24, 2.45) is 5.41 Å². The van der Waals surface area contributed by atoms with Crippen LogP contribution in [0.25, 0.3) is 22.3 Å². The van der Waals surface area contributed by atoms with Crippen LogP contribution in [0.3, 0.4) is 0 Å². The number of esters is 1. The molecule has 0 spiro atoms. The SMILES string of the molecule is CC[C@@]1(O)C(=O)OCc2c1cc1n(c2=O)Cc2c-1c(=O)c1cc(F)c(CCO)nc1n2C1CCC(C)(C)CC1. The standard InChI is InChI=1S/C29H32FN3O6/c1-4-29(38)18-12-21-23-22(13-32(21)26(36)17(18)14-39-27(29)37)33(15-5-8-28(2,3)9-6-15)25-16(24(23)35)11-19(30)20(31-25)7-10-34/h11-12,15,34,38H,4-10,13-14H2,1-3H3/t29-/m0/s1. The maximum Gasteiger partial charge on any atom is 0.343 e. The van der Waals surface area contributed by atoms with Crippen molar-refractivity contribution in [2.45, 2.75) is 84.1 Å². The molecule has 0 amide bonds. The molecule has 0 saturated heterocycles. The lowest BCUT2D eigenvalue weighted by atomic mass is 9.75. The minimum atomic E-state index is -2.00. The minimum absolute atomic E-state index is 0.00282. The number of hydrogen-bond donors (Lipinski definition) is 2. The second-order valence-corrected chi connectivity index (χ2v) is 11.8. The van der Waals surface area contributed by atoms with Crippen molar-refractivity contribution < 1.29 is 24.1 Å². The van der Waals surface area contributed by atoms with Crippen LogP contribution in [0.2, 0.25) is 0 Å². The Hall–Kier alpha value is -3.37. The van der Waals surface area contributed by atoms with Gasteiger partial charge in [-0.25, -0.2) is 14.2 Å². The molecule has 1 saturated carbocycles. The molecule has 0 unspecified atom stereocenters. The van der Waals surface area contributed by atoms with Crippen molar-refractivity contribution in [3.8, 4) is 11.3 Å². The summed E-state index contributed by atoms with van der Waals surface area (Å²) in [4.78, 5) is 44.8. The van der Waals surface area contributed by atoms with Crippen LogP contribution >= 0.6 is 0 Å². The van der Waals surface area contributed by atoms with Gasteiger partial charge in [0.25, 0.3) is 5.56 Å². The van der Waals surface area contributed by atoms with Crippen LogP contribution in [0.4, 0.5) is 4.39 Å². The number of aliphatic hydroxyl groups excluding tert-OH is 1. The van der Waals surface area contributed by atoms with E-state index in [0.717, 1.165) is 25.7 Å². The molecule has 2 N–H and O–H groups in total. The number of fused-ring (bicyclic) bond motifs is 5. The topological polar surface area (TPSA) is 124 Å². The Labute approximate surface area is 223 Å².